The van der Waals surface area contributed by atoms with E-state index in [4.69, 9.17) is 9.47 Å². The number of hydrogen-bond donors (Lipinski definition) is 0. The molecule has 0 spiro atoms. The summed E-state index contributed by atoms with van der Waals surface area (Å²) in [7, 11) is 0. The fourth-order valence-corrected chi connectivity index (χ4v) is 1.74. The van der Waals surface area contributed by atoms with Gasteiger partial charge in [0.2, 0.25) is 0 Å². The first kappa shape index (κ1) is 16.5. The molecule has 0 radical (unpaired) electrons. The third-order valence-electron chi connectivity index (χ3n) is 3.24. The van der Waals surface area contributed by atoms with Crippen molar-refractivity contribution >= 4 is 5.97 Å². The Balaban J connectivity index is 2.38. The Morgan fingerprint density at radius 3 is 2.40 bits per heavy atom. The predicted octanol–water partition coefficient (Wildman–Crippen LogP) is 4.60. The number of carbonyl (C=O) groups excluding carboxylic acids is 1. The summed E-state index contributed by atoms with van der Waals surface area (Å²) in [5.41, 5.74) is 0.573. The first-order valence-corrected chi connectivity index (χ1v) is 7.61. The van der Waals surface area contributed by atoms with E-state index in [1.54, 1.807) is 12.1 Å². The maximum absolute atomic E-state index is 11.8. The van der Waals surface area contributed by atoms with Crippen LogP contribution in [0.1, 0.15) is 63.2 Å². The van der Waals surface area contributed by atoms with Crippen LogP contribution in [-0.2, 0) is 4.74 Å². The lowest BCUT2D eigenvalue weighted by Crippen LogP contribution is -2.13. The molecule has 0 saturated heterocycles. The summed E-state index contributed by atoms with van der Waals surface area (Å²) in [4.78, 5) is 11.8. The van der Waals surface area contributed by atoms with E-state index in [-0.39, 0.29) is 12.1 Å². The van der Waals surface area contributed by atoms with Gasteiger partial charge in [0.05, 0.1) is 18.3 Å². The zero-order valence-electron chi connectivity index (χ0n) is 12.9. The minimum Gasteiger partial charge on any atom is -0.494 e. The van der Waals surface area contributed by atoms with Gasteiger partial charge < -0.3 is 9.47 Å². The molecule has 0 aliphatic heterocycles. The average Bonchev–Trinajstić information content (AvgIpc) is 2.47. The van der Waals surface area contributed by atoms with Gasteiger partial charge >= 0.3 is 5.97 Å². The van der Waals surface area contributed by atoms with Crippen molar-refractivity contribution in [2.24, 2.45) is 0 Å². The van der Waals surface area contributed by atoms with Crippen molar-refractivity contribution in [1.82, 2.24) is 0 Å². The summed E-state index contributed by atoms with van der Waals surface area (Å²) in [6.07, 6.45) is 5.54. The van der Waals surface area contributed by atoms with Crippen molar-refractivity contribution in [2.45, 2.75) is 59.0 Å². The Bertz CT molecular complexity index is 384. The second-order valence-electron chi connectivity index (χ2n) is 5.06. The van der Waals surface area contributed by atoms with Gasteiger partial charge in [0.15, 0.2) is 0 Å². The zero-order chi connectivity index (χ0) is 14.8. The molecule has 0 bridgehead atoms. The highest BCUT2D eigenvalue weighted by Gasteiger charge is 2.10. The molecule has 3 nitrogen and oxygen atoms in total. The fraction of sp³-hybridized carbons (Fsp3) is 0.588. The van der Waals surface area contributed by atoms with Crippen LogP contribution < -0.4 is 4.74 Å². The second-order valence-corrected chi connectivity index (χ2v) is 5.06. The highest BCUT2D eigenvalue weighted by atomic mass is 16.5. The zero-order valence-corrected chi connectivity index (χ0v) is 12.9. The van der Waals surface area contributed by atoms with Gasteiger partial charge in [-0.1, -0.05) is 33.1 Å². The molecular formula is C17H26O3. The van der Waals surface area contributed by atoms with Crippen LogP contribution in [0.2, 0.25) is 0 Å². The van der Waals surface area contributed by atoms with E-state index >= 15 is 0 Å². The molecule has 1 aromatic rings. The van der Waals surface area contributed by atoms with Crippen LogP contribution >= 0.6 is 0 Å². The second kappa shape index (κ2) is 9.40. The molecule has 0 fully saturated rings. The van der Waals surface area contributed by atoms with Crippen LogP contribution in [0.15, 0.2) is 24.3 Å². The topological polar surface area (TPSA) is 35.5 Å². The Morgan fingerprint density at radius 1 is 1.10 bits per heavy atom. The van der Waals surface area contributed by atoms with Crippen molar-refractivity contribution in [3.63, 3.8) is 0 Å². The minimum atomic E-state index is -0.270. The van der Waals surface area contributed by atoms with Crippen LogP contribution in [0.25, 0.3) is 0 Å². The van der Waals surface area contributed by atoms with Crippen molar-refractivity contribution in [3.05, 3.63) is 29.8 Å². The van der Waals surface area contributed by atoms with Crippen molar-refractivity contribution in [2.75, 3.05) is 6.61 Å². The molecule has 1 rings (SSSR count). The van der Waals surface area contributed by atoms with Crippen LogP contribution in [-0.4, -0.2) is 18.7 Å². The molecule has 0 aliphatic rings. The molecule has 20 heavy (non-hydrogen) atoms. The average molecular weight is 278 g/mol. The van der Waals surface area contributed by atoms with Gasteiger partial charge in [-0.05, 0) is 44.0 Å². The Morgan fingerprint density at radius 2 is 1.80 bits per heavy atom. The van der Waals surface area contributed by atoms with E-state index in [9.17, 15) is 4.79 Å². The Hall–Kier alpha value is -1.51. The fourth-order valence-electron chi connectivity index (χ4n) is 1.74. The van der Waals surface area contributed by atoms with Crippen LogP contribution in [0, 0.1) is 0 Å². The lowest BCUT2D eigenvalue weighted by atomic mass is 10.2. The number of hydrogen-bond acceptors (Lipinski definition) is 3. The van der Waals surface area contributed by atoms with Crippen molar-refractivity contribution in [1.29, 1.82) is 0 Å². The molecule has 0 heterocycles. The molecule has 1 atom stereocenters. The van der Waals surface area contributed by atoms with E-state index in [0.717, 1.165) is 25.2 Å². The number of esters is 1. The van der Waals surface area contributed by atoms with Gasteiger partial charge in [-0.25, -0.2) is 4.79 Å². The number of carbonyl (C=O) groups is 1. The first-order chi connectivity index (χ1) is 9.67. The van der Waals surface area contributed by atoms with Crippen LogP contribution in [0.5, 0.6) is 5.75 Å². The van der Waals surface area contributed by atoms with Gasteiger partial charge in [0.25, 0.3) is 0 Å². The van der Waals surface area contributed by atoms with E-state index in [2.05, 4.69) is 6.92 Å². The van der Waals surface area contributed by atoms with E-state index in [1.807, 2.05) is 26.0 Å². The molecule has 0 amide bonds. The molecule has 3 heteroatoms. The maximum atomic E-state index is 11.8. The largest absolute Gasteiger partial charge is 0.494 e. The first-order valence-electron chi connectivity index (χ1n) is 7.61. The van der Waals surface area contributed by atoms with Gasteiger partial charge in [-0.3, -0.25) is 0 Å². The molecular weight excluding hydrogens is 252 g/mol. The molecule has 0 aromatic heterocycles. The van der Waals surface area contributed by atoms with Crippen molar-refractivity contribution < 1.29 is 14.3 Å². The van der Waals surface area contributed by atoms with Gasteiger partial charge in [0.1, 0.15) is 5.75 Å². The third kappa shape index (κ3) is 6.09. The van der Waals surface area contributed by atoms with Crippen LogP contribution in [0.3, 0.4) is 0 Å². The predicted molar refractivity (Wildman–Crippen MR) is 81.2 cm³/mol. The Labute approximate surface area is 122 Å². The highest BCUT2D eigenvalue weighted by Crippen LogP contribution is 2.14. The molecule has 1 unspecified atom stereocenters. The van der Waals surface area contributed by atoms with E-state index < -0.39 is 0 Å². The van der Waals surface area contributed by atoms with Crippen LogP contribution in [0.4, 0.5) is 0 Å². The van der Waals surface area contributed by atoms with Gasteiger partial charge in [-0.2, -0.15) is 0 Å². The van der Waals surface area contributed by atoms with Crippen molar-refractivity contribution in [3.8, 4) is 5.75 Å². The maximum Gasteiger partial charge on any atom is 0.338 e. The standard InChI is InChI=1S/C17H26O3/c1-4-6-7-8-13-19-16-11-9-15(10-12-16)17(18)20-14(3)5-2/h9-12,14H,4-8,13H2,1-3H3. The smallest absolute Gasteiger partial charge is 0.338 e. The Kier molecular flexibility index (Phi) is 7.78. The summed E-state index contributed by atoms with van der Waals surface area (Å²) < 4.78 is 10.9. The van der Waals surface area contributed by atoms with Gasteiger partial charge in [-0.15, -0.1) is 0 Å². The van der Waals surface area contributed by atoms with Gasteiger partial charge in [0, 0.05) is 0 Å². The minimum absolute atomic E-state index is 0.0445. The summed E-state index contributed by atoms with van der Waals surface area (Å²) in [6.45, 7) is 6.81. The highest BCUT2D eigenvalue weighted by molar-refractivity contribution is 5.89. The normalized spacial score (nSPS) is 11.9. The SMILES string of the molecule is CCCCCCOc1ccc(C(=O)OC(C)CC)cc1. The lowest BCUT2D eigenvalue weighted by molar-refractivity contribution is 0.0334. The third-order valence-corrected chi connectivity index (χ3v) is 3.24. The van der Waals surface area contributed by atoms with E-state index in [0.29, 0.717) is 5.56 Å². The summed E-state index contributed by atoms with van der Waals surface area (Å²) in [6, 6.07) is 7.16. The summed E-state index contributed by atoms with van der Waals surface area (Å²) >= 11 is 0. The lowest BCUT2D eigenvalue weighted by Gasteiger charge is -2.11. The molecule has 0 aliphatic carbocycles. The monoisotopic (exact) mass is 278 g/mol. The quantitative estimate of drug-likeness (QED) is 0.489. The molecule has 1 aromatic carbocycles. The molecule has 112 valence electrons. The van der Waals surface area contributed by atoms with E-state index in [1.165, 1.54) is 19.3 Å². The number of rotatable bonds is 9. The number of ether oxygens (including phenoxy) is 2. The molecule has 0 N–H and O–H groups in total. The molecule has 0 saturated carbocycles. The summed E-state index contributed by atoms with van der Waals surface area (Å²) in [5.74, 6) is 0.537. The number of unbranched alkanes of at least 4 members (excludes halogenated alkanes) is 3. The number of benzene rings is 1. The summed E-state index contributed by atoms with van der Waals surface area (Å²) in [5, 5.41) is 0.